The summed E-state index contributed by atoms with van der Waals surface area (Å²) in [6, 6.07) is 9.24. The zero-order valence-electron chi connectivity index (χ0n) is 12.4. The molecule has 0 heterocycles. The van der Waals surface area contributed by atoms with E-state index in [2.05, 4.69) is 0 Å². The number of likely N-dealkylation sites (N-methyl/N-ethyl adjacent to an activating group) is 1. The van der Waals surface area contributed by atoms with E-state index in [1.54, 1.807) is 20.2 Å². The highest BCUT2D eigenvalue weighted by molar-refractivity contribution is 6.19. The summed E-state index contributed by atoms with van der Waals surface area (Å²) in [6.07, 6.45) is 1.56. The van der Waals surface area contributed by atoms with Crippen LogP contribution in [0.4, 0.5) is 0 Å². The summed E-state index contributed by atoms with van der Waals surface area (Å²) >= 11 is 0. The van der Waals surface area contributed by atoms with E-state index in [1.807, 2.05) is 44.2 Å². The minimum absolute atomic E-state index is 0.0434. The van der Waals surface area contributed by atoms with Gasteiger partial charge in [-0.2, -0.15) is 0 Å². The van der Waals surface area contributed by atoms with E-state index >= 15 is 0 Å². The van der Waals surface area contributed by atoms with Gasteiger partial charge in [0, 0.05) is 14.1 Å². The Labute approximate surface area is 120 Å². The van der Waals surface area contributed by atoms with E-state index in [-0.39, 0.29) is 17.4 Å². The van der Waals surface area contributed by atoms with Crippen LogP contribution in [0.5, 0.6) is 0 Å². The van der Waals surface area contributed by atoms with Crippen molar-refractivity contribution in [2.45, 2.75) is 13.8 Å². The molecule has 1 amide bonds. The minimum Gasteiger partial charge on any atom is -0.462 e. The van der Waals surface area contributed by atoms with Gasteiger partial charge in [-0.05, 0) is 17.6 Å². The van der Waals surface area contributed by atoms with Crippen molar-refractivity contribution in [3.63, 3.8) is 0 Å². The summed E-state index contributed by atoms with van der Waals surface area (Å²) in [4.78, 5) is 25.5. The SMILES string of the molecule is CC(C)COC(=O)/C(=C/c1ccccc1)C(=O)N(C)C. The highest BCUT2D eigenvalue weighted by Gasteiger charge is 2.21. The summed E-state index contributed by atoms with van der Waals surface area (Å²) < 4.78 is 5.15. The zero-order chi connectivity index (χ0) is 15.1. The van der Waals surface area contributed by atoms with Gasteiger partial charge >= 0.3 is 5.97 Å². The summed E-state index contributed by atoms with van der Waals surface area (Å²) in [5.74, 6) is -0.713. The molecule has 0 spiro atoms. The third-order valence-corrected chi connectivity index (χ3v) is 2.51. The number of benzene rings is 1. The number of amides is 1. The first-order valence-corrected chi connectivity index (χ1v) is 6.57. The molecule has 0 saturated heterocycles. The molecule has 4 heteroatoms. The lowest BCUT2D eigenvalue weighted by molar-refractivity contribution is -0.142. The number of hydrogen-bond donors (Lipinski definition) is 0. The van der Waals surface area contributed by atoms with Crippen molar-refractivity contribution in [2.75, 3.05) is 20.7 Å². The lowest BCUT2D eigenvalue weighted by Crippen LogP contribution is -2.28. The first-order valence-electron chi connectivity index (χ1n) is 6.57. The Balaban J connectivity index is 3.00. The monoisotopic (exact) mass is 275 g/mol. The molecule has 0 N–H and O–H groups in total. The quantitative estimate of drug-likeness (QED) is 0.359. The van der Waals surface area contributed by atoms with Crippen LogP contribution in [0.3, 0.4) is 0 Å². The maximum Gasteiger partial charge on any atom is 0.343 e. The molecule has 1 rings (SSSR count). The Hall–Kier alpha value is -2.10. The average molecular weight is 275 g/mol. The molecule has 108 valence electrons. The van der Waals surface area contributed by atoms with Gasteiger partial charge in [-0.25, -0.2) is 4.79 Å². The fourth-order valence-electron chi connectivity index (χ4n) is 1.48. The van der Waals surface area contributed by atoms with Crippen molar-refractivity contribution < 1.29 is 14.3 Å². The lowest BCUT2D eigenvalue weighted by Gasteiger charge is -2.14. The third kappa shape index (κ3) is 4.88. The lowest BCUT2D eigenvalue weighted by atomic mass is 10.1. The van der Waals surface area contributed by atoms with Crippen molar-refractivity contribution in [3.05, 3.63) is 41.5 Å². The number of carbonyl (C=O) groups excluding carboxylic acids is 2. The van der Waals surface area contributed by atoms with E-state index in [0.717, 1.165) is 5.56 Å². The van der Waals surface area contributed by atoms with Crippen LogP contribution in [0.15, 0.2) is 35.9 Å². The van der Waals surface area contributed by atoms with E-state index < -0.39 is 5.97 Å². The average Bonchev–Trinajstić information content (AvgIpc) is 2.42. The third-order valence-electron chi connectivity index (χ3n) is 2.51. The van der Waals surface area contributed by atoms with Crippen LogP contribution in [0, 0.1) is 5.92 Å². The zero-order valence-corrected chi connectivity index (χ0v) is 12.4. The van der Waals surface area contributed by atoms with Gasteiger partial charge in [0.15, 0.2) is 0 Å². The number of rotatable bonds is 5. The van der Waals surface area contributed by atoms with Crippen LogP contribution in [0.1, 0.15) is 19.4 Å². The summed E-state index contributed by atoms with van der Waals surface area (Å²) in [5, 5.41) is 0. The molecule has 20 heavy (non-hydrogen) atoms. The van der Waals surface area contributed by atoms with Crippen LogP contribution < -0.4 is 0 Å². The van der Waals surface area contributed by atoms with Gasteiger partial charge in [0.05, 0.1) is 6.61 Å². The second-order valence-electron chi connectivity index (χ2n) is 5.16. The standard InChI is InChI=1S/C16H21NO3/c1-12(2)11-20-16(19)14(15(18)17(3)4)10-13-8-6-5-7-9-13/h5-10,12H,11H2,1-4H3/b14-10+. The second-order valence-corrected chi connectivity index (χ2v) is 5.16. The summed E-state index contributed by atoms with van der Waals surface area (Å²) in [6.45, 7) is 4.19. The maximum atomic E-state index is 12.1. The predicted molar refractivity (Wildman–Crippen MR) is 78.9 cm³/mol. The van der Waals surface area contributed by atoms with Crippen LogP contribution in [-0.2, 0) is 14.3 Å². The number of esters is 1. The molecule has 0 radical (unpaired) electrons. The molecule has 1 aromatic rings. The maximum absolute atomic E-state index is 12.1. The van der Waals surface area contributed by atoms with Gasteiger partial charge in [-0.1, -0.05) is 44.2 Å². The second kappa shape index (κ2) is 7.48. The number of hydrogen-bond acceptors (Lipinski definition) is 3. The molecule has 4 nitrogen and oxygen atoms in total. The molecular weight excluding hydrogens is 254 g/mol. The summed E-state index contributed by atoms with van der Waals surface area (Å²) in [5.41, 5.74) is 0.834. The van der Waals surface area contributed by atoms with Crippen LogP contribution in [0.25, 0.3) is 6.08 Å². The van der Waals surface area contributed by atoms with E-state index in [1.165, 1.54) is 4.90 Å². The van der Waals surface area contributed by atoms with Crippen molar-refractivity contribution >= 4 is 18.0 Å². The molecule has 1 aromatic carbocycles. The van der Waals surface area contributed by atoms with Gasteiger partial charge in [-0.3, -0.25) is 4.79 Å². The van der Waals surface area contributed by atoms with E-state index in [0.29, 0.717) is 6.61 Å². The first kappa shape index (κ1) is 16.0. The highest BCUT2D eigenvalue weighted by atomic mass is 16.5. The van der Waals surface area contributed by atoms with Gasteiger partial charge in [-0.15, -0.1) is 0 Å². The minimum atomic E-state index is -0.582. The van der Waals surface area contributed by atoms with E-state index in [9.17, 15) is 9.59 Å². The van der Waals surface area contributed by atoms with Crippen molar-refractivity contribution in [2.24, 2.45) is 5.92 Å². The molecule has 0 atom stereocenters. The fraction of sp³-hybridized carbons (Fsp3) is 0.375. The largest absolute Gasteiger partial charge is 0.462 e. The van der Waals surface area contributed by atoms with Gasteiger partial charge < -0.3 is 9.64 Å². The molecular formula is C16H21NO3. The van der Waals surface area contributed by atoms with Gasteiger partial charge in [0.2, 0.25) is 0 Å². The molecule has 0 saturated carbocycles. The van der Waals surface area contributed by atoms with Gasteiger partial charge in [0.1, 0.15) is 5.57 Å². The molecule has 0 unspecified atom stereocenters. The molecule has 0 bridgehead atoms. The smallest absolute Gasteiger partial charge is 0.343 e. The van der Waals surface area contributed by atoms with E-state index in [4.69, 9.17) is 4.74 Å². The molecule has 0 aliphatic heterocycles. The van der Waals surface area contributed by atoms with Crippen molar-refractivity contribution in [3.8, 4) is 0 Å². The van der Waals surface area contributed by atoms with Crippen molar-refractivity contribution in [1.82, 2.24) is 4.90 Å². The molecule has 0 aliphatic carbocycles. The van der Waals surface area contributed by atoms with Crippen LogP contribution >= 0.6 is 0 Å². The molecule has 0 aromatic heterocycles. The summed E-state index contributed by atoms with van der Waals surface area (Å²) in [7, 11) is 3.22. The Morgan fingerprint density at radius 3 is 2.30 bits per heavy atom. The van der Waals surface area contributed by atoms with Gasteiger partial charge in [0.25, 0.3) is 5.91 Å². The molecule has 0 aliphatic rings. The number of ether oxygens (including phenoxy) is 1. The Morgan fingerprint density at radius 1 is 1.20 bits per heavy atom. The van der Waals surface area contributed by atoms with Crippen LogP contribution in [0.2, 0.25) is 0 Å². The Morgan fingerprint density at radius 2 is 1.80 bits per heavy atom. The Bertz CT molecular complexity index is 490. The molecule has 0 fully saturated rings. The fourth-order valence-corrected chi connectivity index (χ4v) is 1.48. The predicted octanol–water partition coefficient (Wildman–Crippen LogP) is 2.36. The first-order chi connectivity index (χ1) is 9.41. The van der Waals surface area contributed by atoms with Crippen molar-refractivity contribution in [1.29, 1.82) is 0 Å². The topological polar surface area (TPSA) is 46.6 Å². The number of carbonyl (C=O) groups is 2. The van der Waals surface area contributed by atoms with Crippen LogP contribution in [-0.4, -0.2) is 37.5 Å². The Kier molecular flexibility index (Phi) is 5.97. The number of nitrogens with zero attached hydrogens (tertiary/aromatic N) is 1. The normalized spacial score (nSPS) is 11.3. The highest BCUT2D eigenvalue weighted by Crippen LogP contribution is 2.11.